The minimum absolute atomic E-state index is 0.0175. The number of hydrogen-bond acceptors (Lipinski definition) is 4. The minimum Gasteiger partial charge on any atom is -0.374 e. The number of hydrogen-bond donors (Lipinski definition) is 2. The van der Waals surface area contributed by atoms with Crippen molar-refractivity contribution in [2.75, 3.05) is 26.2 Å². The average molecular weight is 346 g/mol. The molecule has 1 heterocycles. The summed E-state index contributed by atoms with van der Waals surface area (Å²) < 4.78 is 19.9. The van der Waals surface area contributed by atoms with Crippen LogP contribution in [0, 0.1) is 5.82 Å². The number of nitrogens with two attached hydrogens (primary N) is 1. The lowest BCUT2D eigenvalue weighted by atomic mass is 10.0. The summed E-state index contributed by atoms with van der Waals surface area (Å²) in [5.41, 5.74) is 3.71. The summed E-state index contributed by atoms with van der Waals surface area (Å²) in [6, 6.07) is 5.01. The number of benzene rings is 1. The van der Waals surface area contributed by atoms with Crippen LogP contribution < -0.4 is 11.3 Å². The van der Waals surface area contributed by atoms with E-state index in [1.807, 2.05) is 6.07 Å². The van der Waals surface area contributed by atoms with E-state index >= 15 is 0 Å². The van der Waals surface area contributed by atoms with Crippen molar-refractivity contribution in [3.8, 4) is 0 Å². The van der Waals surface area contributed by atoms with Crippen molar-refractivity contribution in [2.45, 2.75) is 25.5 Å². The van der Waals surface area contributed by atoms with Gasteiger partial charge in [-0.15, -0.1) is 0 Å². The average Bonchev–Trinajstić information content (AvgIpc) is 2.49. The van der Waals surface area contributed by atoms with Crippen molar-refractivity contribution in [3.63, 3.8) is 0 Å². The number of hydrazine groups is 1. The Labute approximate surface area is 127 Å². The third-order valence-electron chi connectivity index (χ3n) is 3.76. The zero-order valence-corrected chi connectivity index (χ0v) is 13.2. The number of likely N-dealkylation sites (N-methyl/N-ethyl adjacent to an activating group) is 1. The van der Waals surface area contributed by atoms with Gasteiger partial charge in [-0.25, -0.2) is 4.39 Å². The summed E-state index contributed by atoms with van der Waals surface area (Å²) in [5.74, 6) is 5.42. The largest absolute Gasteiger partial charge is 0.374 e. The van der Waals surface area contributed by atoms with E-state index in [1.54, 1.807) is 6.07 Å². The molecular formula is C14H21BrFN3O. The van der Waals surface area contributed by atoms with E-state index in [-0.39, 0.29) is 18.0 Å². The molecule has 1 aliphatic rings. The van der Waals surface area contributed by atoms with Crippen LogP contribution >= 0.6 is 15.9 Å². The molecule has 2 rings (SSSR count). The topological polar surface area (TPSA) is 50.5 Å². The third kappa shape index (κ3) is 3.77. The fourth-order valence-electron chi connectivity index (χ4n) is 2.50. The lowest BCUT2D eigenvalue weighted by Gasteiger charge is -2.36. The van der Waals surface area contributed by atoms with Crippen LogP contribution in [0.15, 0.2) is 22.7 Å². The Balaban J connectivity index is 2.06. The Hall–Kier alpha value is -0.530. The molecule has 1 aromatic rings. The molecule has 0 bridgehead atoms. The second kappa shape index (κ2) is 7.47. The molecule has 0 aliphatic carbocycles. The zero-order chi connectivity index (χ0) is 14.5. The SMILES string of the molecule is CCN1CCOC(C(Cc2cccc(F)c2Br)NN)C1. The van der Waals surface area contributed by atoms with Gasteiger partial charge in [-0.3, -0.25) is 16.2 Å². The molecular weight excluding hydrogens is 325 g/mol. The maximum Gasteiger partial charge on any atom is 0.137 e. The molecule has 0 radical (unpaired) electrons. The molecule has 3 N–H and O–H groups in total. The molecule has 4 nitrogen and oxygen atoms in total. The second-order valence-electron chi connectivity index (χ2n) is 4.99. The number of nitrogens with zero attached hydrogens (tertiary/aromatic N) is 1. The van der Waals surface area contributed by atoms with Gasteiger partial charge in [0, 0.05) is 13.1 Å². The molecule has 0 spiro atoms. The Morgan fingerprint density at radius 1 is 1.60 bits per heavy atom. The monoisotopic (exact) mass is 345 g/mol. The first-order valence-electron chi connectivity index (χ1n) is 6.88. The number of halogens is 2. The molecule has 20 heavy (non-hydrogen) atoms. The van der Waals surface area contributed by atoms with Crippen molar-refractivity contribution in [3.05, 3.63) is 34.1 Å². The van der Waals surface area contributed by atoms with Gasteiger partial charge < -0.3 is 4.74 Å². The van der Waals surface area contributed by atoms with Crippen LogP contribution in [0.3, 0.4) is 0 Å². The number of rotatable bonds is 5. The summed E-state index contributed by atoms with van der Waals surface area (Å²) in [6.07, 6.45) is 0.640. The van der Waals surface area contributed by atoms with Gasteiger partial charge in [0.15, 0.2) is 0 Å². The molecule has 2 atom stereocenters. The third-order valence-corrected chi connectivity index (χ3v) is 4.65. The molecule has 1 saturated heterocycles. The highest BCUT2D eigenvalue weighted by atomic mass is 79.9. The first kappa shape index (κ1) is 15.9. The molecule has 1 fully saturated rings. The van der Waals surface area contributed by atoms with Crippen molar-refractivity contribution in [1.29, 1.82) is 0 Å². The van der Waals surface area contributed by atoms with E-state index in [1.165, 1.54) is 6.07 Å². The minimum atomic E-state index is -0.252. The number of ether oxygens (including phenoxy) is 1. The molecule has 112 valence electrons. The molecule has 0 aromatic heterocycles. The van der Waals surface area contributed by atoms with E-state index in [4.69, 9.17) is 10.6 Å². The molecule has 1 aromatic carbocycles. The standard InChI is InChI=1S/C14H21BrFN3O/c1-2-19-6-7-20-13(9-19)12(18-17)8-10-4-3-5-11(16)14(10)15/h3-5,12-13,18H,2,6-9,17H2,1H3. The predicted molar refractivity (Wildman–Crippen MR) is 80.8 cm³/mol. The van der Waals surface area contributed by atoms with Gasteiger partial charge in [0.05, 0.1) is 23.2 Å². The van der Waals surface area contributed by atoms with Crippen molar-refractivity contribution in [2.24, 2.45) is 5.84 Å². The van der Waals surface area contributed by atoms with Crippen LogP contribution in [0.25, 0.3) is 0 Å². The fourth-order valence-corrected chi connectivity index (χ4v) is 2.93. The summed E-state index contributed by atoms with van der Waals surface area (Å²) in [5, 5.41) is 0. The molecule has 2 unspecified atom stereocenters. The van der Waals surface area contributed by atoms with Gasteiger partial charge in [0.2, 0.25) is 0 Å². The normalized spacial score (nSPS) is 21.9. The van der Waals surface area contributed by atoms with Crippen LogP contribution in [0.4, 0.5) is 4.39 Å². The molecule has 0 saturated carbocycles. The van der Waals surface area contributed by atoms with E-state index in [0.717, 1.165) is 25.2 Å². The Morgan fingerprint density at radius 2 is 2.40 bits per heavy atom. The number of morpholine rings is 1. The highest BCUT2D eigenvalue weighted by molar-refractivity contribution is 9.10. The zero-order valence-electron chi connectivity index (χ0n) is 11.6. The highest BCUT2D eigenvalue weighted by Gasteiger charge is 2.27. The Morgan fingerprint density at radius 3 is 3.10 bits per heavy atom. The molecule has 1 aliphatic heterocycles. The fraction of sp³-hybridized carbons (Fsp3) is 0.571. The van der Waals surface area contributed by atoms with Crippen LogP contribution in [0.2, 0.25) is 0 Å². The first-order valence-corrected chi connectivity index (χ1v) is 7.68. The lowest BCUT2D eigenvalue weighted by molar-refractivity contribution is -0.0448. The van der Waals surface area contributed by atoms with Gasteiger partial charge in [0.1, 0.15) is 5.82 Å². The smallest absolute Gasteiger partial charge is 0.137 e. The Kier molecular flexibility index (Phi) is 5.92. The summed E-state index contributed by atoms with van der Waals surface area (Å²) in [4.78, 5) is 2.33. The van der Waals surface area contributed by atoms with Crippen LogP contribution in [0.5, 0.6) is 0 Å². The quantitative estimate of drug-likeness (QED) is 0.629. The number of nitrogens with one attached hydrogen (secondary N) is 1. The highest BCUT2D eigenvalue weighted by Crippen LogP contribution is 2.23. The predicted octanol–water partition coefficient (Wildman–Crippen LogP) is 1.68. The van der Waals surface area contributed by atoms with Crippen molar-refractivity contribution in [1.82, 2.24) is 10.3 Å². The van der Waals surface area contributed by atoms with E-state index in [9.17, 15) is 4.39 Å². The van der Waals surface area contributed by atoms with Gasteiger partial charge >= 0.3 is 0 Å². The van der Waals surface area contributed by atoms with Crippen LogP contribution in [0.1, 0.15) is 12.5 Å². The van der Waals surface area contributed by atoms with Gasteiger partial charge in [-0.2, -0.15) is 0 Å². The first-order chi connectivity index (χ1) is 9.65. The summed E-state index contributed by atoms with van der Waals surface area (Å²) in [6.45, 7) is 5.64. The van der Waals surface area contributed by atoms with Gasteiger partial charge in [-0.05, 0) is 40.5 Å². The van der Waals surface area contributed by atoms with E-state index in [2.05, 4.69) is 33.2 Å². The summed E-state index contributed by atoms with van der Waals surface area (Å²) >= 11 is 3.29. The Bertz CT molecular complexity index is 446. The summed E-state index contributed by atoms with van der Waals surface area (Å²) in [7, 11) is 0. The van der Waals surface area contributed by atoms with E-state index < -0.39 is 0 Å². The van der Waals surface area contributed by atoms with Crippen LogP contribution in [-0.4, -0.2) is 43.3 Å². The second-order valence-corrected chi connectivity index (χ2v) is 5.79. The maximum atomic E-state index is 13.6. The molecule has 0 amide bonds. The van der Waals surface area contributed by atoms with Crippen molar-refractivity contribution >= 4 is 15.9 Å². The van der Waals surface area contributed by atoms with Crippen LogP contribution in [-0.2, 0) is 11.2 Å². The lowest BCUT2D eigenvalue weighted by Crippen LogP contribution is -2.54. The van der Waals surface area contributed by atoms with Crippen molar-refractivity contribution < 1.29 is 9.13 Å². The van der Waals surface area contributed by atoms with Gasteiger partial charge in [-0.1, -0.05) is 19.1 Å². The molecule has 6 heteroatoms. The maximum absolute atomic E-state index is 13.6. The van der Waals surface area contributed by atoms with E-state index in [0.29, 0.717) is 17.5 Å². The van der Waals surface area contributed by atoms with Gasteiger partial charge in [0.25, 0.3) is 0 Å².